The van der Waals surface area contributed by atoms with Crippen LogP contribution < -0.4 is 0 Å². The van der Waals surface area contributed by atoms with Crippen molar-refractivity contribution in [3.05, 3.63) is 29.6 Å². The minimum Gasteiger partial charge on any atom is -0.294 e. The maximum Gasteiger partial charge on any atom is 0.417 e. The van der Waals surface area contributed by atoms with Crippen LogP contribution in [0.25, 0.3) is 0 Å². The van der Waals surface area contributed by atoms with E-state index in [1.165, 1.54) is 6.20 Å². The van der Waals surface area contributed by atoms with Gasteiger partial charge in [-0.25, -0.2) is 0 Å². The zero-order valence-corrected chi connectivity index (χ0v) is 11.9. The number of rotatable bonds is 2. The van der Waals surface area contributed by atoms with Crippen molar-refractivity contribution in [2.24, 2.45) is 5.92 Å². The van der Waals surface area contributed by atoms with Crippen LogP contribution in [0.5, 0.6) is 0 Å². The summed E-state index contributed by atoms with van der Waals surface area (Å²) in [6, 6.07) is 0.864. The van der Waals surface area contributed by atoms with Crippen LogP contribution in [0.3, 0.4) is 0 Å². The van der Waals surface area contributed by atoms with Crippen LogP contribution in [0.15, 0.2) is 18.5 Å². The minimum atomic E-state index is -4.50. The smallest absolute Gasteiger partial charge is 0.294 e. The van der Waals surface area contributed by atoms with Crippen LogP contribution in [0, 0.1) is 5.92 Å². The lowest BCUT2D eigenvalue weighted by atomic mass is 9.90. The van der Waals surface area contributed by atoms with E-state index >= 15 is 0 Å². The van der Waals surface area contributed by atoms with E-state index in [1.807, 2.05) is 0 Å². The third-order valence-electron chi connectivity index (χ3n) is 4.28. The van der Waals surface area contributed by atoms with Crippen LogP contribution in [-0.4, -0.2) is 25.5 Å². The van der Waals surface area contributed by atoms with Crippen molar-refractivity contribution >= 4 is 16.6 Å². The molecule has 2 atom stereocenters. The Bertz CT molecular complexity index is 586. The predicted octanol–water partition coefficient (Wildman–Crippen LogP) is 2.97. The van der Waals surface area contributed by atoms with E-state index in [0.717, 1.165) is 25.1 Å². The second kappa shape index (κ2) is 5.19. The van der Waals surface area contributed by atoms with Gasteiger partial charge in [0.25, 0.3) is 0 Å². The molecule has 2 unspecified atom stereocenters. The van der Waals surface area contributed by atoms with Crippen LogP contribution in [0.4, 0.5) is 13.2 Å². The molecular formula is C14H14F3NO2S. The Hall–Kier alpha value is -1.24. The van der Waals surface area contributed by atoms with Crippen LogP contribution >= 0.6 is 0 Å². The molecule has 114 valence electrons. The summed E-state index contributed by atoms with van der Waals surface area (Å²) in [5.41, 5.74) is -0.905. The number of nitrogens with zero attached hydrogens (tertiary/aromatic N) is 1. The zero-order valence-electron chi connectivity index (χ0n) is 11.1. The highest BCUT2D eigenvalue weighted by molar-refractivity contribution is 7.86. The molecule has 0 spiro atoms. The van der Waals surface area contributed by atoms with E-state index in [2.05, 4.69) is 4.98 Å². The van der Waals surface area contributed by atoms with Gasteiger partial charge in [0.1, 0.15) is 0 Å². The minimum absolute atomic E-state index is 0.00177. The third-order valence-corrected chi connectivity index (χ3v) is 6.45. The van der Waals surface area contributed by atoms with E-state index in [9.17, 15) is 22.2 Å². The summed E-state index contributed by atoms with van der Waals surface area (Å²) in [6.45, 7) is 0. The van der Waals surface area contributed by atoms with Gasteiger partial charge in [-0.2, -0.15) is 13.2 Å². The van der Waals surface area contributed by atoms with Crippen molar-refractivity contribution in [3.63, 3.8) is 0 Å². The normalized spacial score (nSPS) is 32.1. The first-order valence-electron chi connectivity index (χ1n) is 6.82. The molecule has 2 aliphatic heterocycles. The second-order valence-electron chi connectivity index (χ2n) is 5.64. The van der Waals surface area contributed by atoms with Crippen molar-refractivity contribution in [1.82, 2.24) is 4.98 Å². The molecule has 0 amide bonds. The van der Waals surface area contributed by atoms with Crippen LogP contribution in [-0.2, 0) is 17.0 Å². The lowest BCUT2D eigenvalue weighted by Crippen LogP contribution is -2.32. The number of alkyl halides is 3. The van der Waals surface area contributed by atoms with Gasteiger partial charge in [-0.15, -0.1) is 0 Å². The van der Waals surface area contributed by atoms with Crippen molar-refractivity contribution in [3.8, 4) is 0 Å². The number of carbonyl (C=O) groups excluding carboxylic acids is 1. The molecular weight excluding hydrogens is 303 g/mol. The summed E-state index contributed by atoms with van der Waals surface area (Å²) < 4.78 is 49.9. The Balaban J connectivity index is 1.82. The number of halogens is 3. The molecule has 2 bridgehead atoms. The fourth-order valence-corrected chi connectivity index (χ4v) is 5.34. The first kappa shape index (κ1) is 14.7. The van der Waals surface area contributed by atoms with E-state index in [4.69, 9.17) is 0 Å². The van der Waals surface area contributed by atoms with Gasteiger partial charge in [-0.05, 0) is 31.7 Å². The fourth-order valence-electron chi connectivity index (χ4n) is 3.21. The molecule has 21 heavy (non-hydrogen) atoms. The number of pyridine rings is 1. The number of carbonyl (C=O) groups is 1. The molecule has 7 heteroatoms. The highest BCUT2D eigenvalue weighted by Crippen LogP contribution is 2.40. The monoisotopic (exact) mass is 317 g/mol. The molecule has 3 rings (SSSR count). The number of hydrogen-bond donors (Lipinski definition) is 0. The van der Waals surface area contributed by atoms with Crippen molar-refractivity contribution < 1.29 is 22.2 Å². The summed E-state index contributed by atoms with van der Waals surface area (Å²) >= 11 is 0. The first-order chi connectivity index (χ1) is 9.86. The van der Waals surface area contributed by atoms with Gasteiger partial charge in [-0.3, -0.25) is 14.0 Å². The topological polar surface area (TPSA) is 47.0 Å². The zero-order chi connectivity index (χ0) is 15.2. The molecule has 2 saturated heterocycles. The molecule has 1 aromatic rings. The van der Waals surface area contributed by atoms with Crippen molar-refractivity contribution in [2.45, 2.75) is 42.4 Å². The molecule has 0 N–H and O–H groups in total. The van der Waals surface area contributed by atoms with Crippen molar-refractivity contribution in [2.75, 3.05) is 0 Å². The fraction of sp³-hybridized carbons (Fsp3) is 0.571. The molecule has 0 aliphatic carbocycles. The molecule has 3 heterocycles. The predicted molar refractivity (Wildman–Crippen MR) is 71.2 cm³/mol. The Morgan fingerprint density at radius 2 is 1.81 bits per heavy atom. The third kappa shape index (κ3) is 2.75. The molecule has 1 aromatic heterocycles. The van der Waals surface area contributed by atoms with Crippen LogP contribution in [0.2, 0.25) is 0 Å². The first-order valence-corrected chi connectivity index (χ1v) is 8.09. The van der Waals surface area contributed by atoms with Gasteiger partial charge in [-0.1, -0.05) is 0 Å². The number of hydrogen-bond acceptors (Lipinski definition) is 3. The van der Waals surface area contributed by atoms with Gasteiger partial charge in [0.05, 0.1) is 5.56 Å². The molecule has 2 fully saturated rings. The van der Waals surface area contributed by atoms with Crippen LogP contribution in [0.1, 0.15) is 41.6 Å². The summed E-state index contributed by atoms with van der Waals surface area (Å²) in [6.07, 6.45) is 0.123. The standard InChI is InChI=1S/C14H14F3NO2S/c15-14(16,17)10-3-9(6-18-7-10)13(19)8-4-11-1-2-12(5-8)21(11)20/h3,6-8,11-12H,1-2,4-5H2. The molecule has 2 aliphatic rings. The number of aromatic nitrogens is 1. The maximum atomic E-state index is 12.7. The molecule has 0 aromatic carbocycles. The van der Waals surface area contributed by atoms with E-state index < -0.39 is 22.5 Å². The highest BCUT2D eigenvalue weighted by Gasteiger charge is 2.43. The SMILES string of the molecule is O=C(c1cncc(C(F)(F)F)c1)C1CC2CCC(C1)S2=O. The molecule has 0 saturated carbocycles. The average molecular weight is 317 g/mol. The van der Waals surface area contributed by atoms with Gasteiger partial charge >= 0.3 is 6.18 Å². The maximum absolute atomic E-state index is 12.7. The van der Waals surface area contributed by atoms with E-state index in [1.54, 1.807) is 0 Å². The Morgan fingerprint density at radius 1 is 1.19 bits per heavy atom. The summed E-state index contributed by atoms with van der Waals surface area (Å²) in [5.74, 6) is -0.632. The lowest BCUT2D eigenvalue weighted by molar-refractivity contribution is -0.137. The number of fused-ring (bicyclic) bond motifs is 2. The molecule has 0 radical (unpaired) electrons. The summed E-state index contributed by atoms with van der Waals surface area (Å²) in [4.78, 5) is 15.9. The Morgan fingerprint density at radius 3 is 2.38 bits per heavy atom. The Labute approximate surface area is 122 Å². The van der Waals surface area contributed by atoms with Gasteiger partial charge in [0.2, 0.25) is 0 Å². The largest absolute Gasteiger partial charge is 0.417 e. The summed E-state index contributed by atoms with van der Waals surface area (Å²) in [7, 11) is -0.879. The van der Waals surface area contributed by atoms with Crippen molar-refractivity contribution in [1.29, 1.82) is 0 Å². The number of Topliss-reactive ketones (excluding diaryl/α,β-unsaturated/α-hetero) is 1. The van der Waals surface area contributed by atoms with Gasteiger partial charge in [0, 0.05) is 45.2 Å². The van der Waals surface area contributed by atoms with E-state index in [0.29, 0.717) is 12.8 Å². The number of ketones is 1. The van der Waals surface area contributed by atoms with Gasteiger partial charge < -0.3 is 0 Å². The second-order valence-corrected chi connectivity index (χ2v) is 7.63. The average Bonchev–Trinajstić information content (AvgIpc) is 2.66. The molecule has 3 nitrogen and oxygen atoms in total. The lowest BCUT2D eigenvalue weighted by Gasteiger charge is -2.26. The van der Waals surface area contributed by atoms with Gasteiger partial charge in [0.15, 0.2) is 5.78 Å². The van der Waals surface area contributed by atoms with E-state index in [-0.39, 0.29) is 27.8 Å². The highest BCUT2D eigenvalue weighted by atomic mass is 32.2. The quantitative estimate of drug-likeness (QED) is 0.788. The summed E-state index contributed by atoms with van der Waals surface area (Å²) in [5, 5.41) is 0.0490. The Kier molecular flexibility index (Phi) is 3.63.